The van der Waals surface area contributed by atoms with Gasteiger partial charge in [0.2, 0.25) is 5.91 Å². The Hall–Kier alpha value is -3.24. The van der Waals surface area contributed by atoms with Gasteiger partial charge in [-0.15, -0.1) is 11.3 Å². The Morgan fingerprint density at radius 3 is 2.70 bits per heavy atom. The largest absolute Gasteiger partial charge is 0.463 e. The number of halogens is 1. The standard InChI is InChI=1S/C19H17ClN4O5S/c1-10(2)16(22-17(25)11-5-6-12(20)14(8-11)24(27)28)18(26)23-19-21-13(9-30-19)15-4-3-7-29-15/h3-10,16H,1-2H3,(H,22,25)(H,21,23,26). The Morgan fingerprint density at radius 2 is 2.07 bits per heavy atom. The fourth-order valence-electron chi connectivity index (χ4n) is 2.61. The summed E-state index contributed by atoms with van der Waals surface area (Å²) in [6, 6.07) is 6.30. The number of furan rings is 1. The number of rotatable bonds is 7. The minimum absolute atomic E-state index is 0.0268. The molecule has 11 heteroatoms. The van der Waals surface area contributed by atoms with Crippen LogP contribution in [0.5, 0.6) is 0 Å². The third-order valence-electron chi connectivity index (χ3n) is 4.15. The summed E-state index contributed by atoms with van der Waals surface area (Å²) in [4.78, 5) is 40.0. The van der Waals surface area contributed by atoms with Crippen molar-refractivity contribution in [2.24, 2.45) is 5.92 Å². The summed E-state index contributed by atoms with van der Waals surface area (Å²) in [5, 5.41) is 18.4. The van der Waals surface area contributed by atoms with E-state index in [0.717, 1.165) is 6.07 Å². The van der Waals surface area contributed by atoms with Crippen molar-refractivity contribution in [3.05, 3.63) is 62.7 Å². The van der Waals surface area contributed by atoms with Gasteiger partial charge < -0.3 is 15.1 Å². The number of hydrogen-bond donors (Lipinski definition) is 2. The van der Waals surface area contributed by atoms with Crippen molar-refractivity contribution < 1.29 is 18.9 Å². The van der Waals surface area contributed by atoms with Crippen LogP contribution in [0.2, 0.25) is 5.02 Å². The highest BCUT2D eigenvalue weighted by Gasteiger charge is 2.26. The number of carbonyl (C=O) groups excluding carboxylic acids is 2. The Morgan fingerprint density at radius 1 is 1.30 bits per heavy atom. The van der Waals surface area contributed by atoms with Crippen LogP contribution in [0.1, 0.15) is 24.2 Å². The maximum atomic E-state index is 12.7. The highest BCUT2D eigenvalue weighted by Crippen LogP contribution is 2.26. The van der Waals surface area contributed by atoms with Gasteiger partial charge in [0.15, 0.2) is 10.9 Å². The summed E-state index contributed by atoms with van der Waals surface area (Å²) in [7, 11) is 0. The normalized spacial score (nSPS) is 11.9. The van der Waals surface area contributed by atoms with Crippen molar-refractivity contribution >= 4 is 45.6 Å². The van der Waals surface area contributed by atoms with E-state index < -0.39 is 22.8 Å². The maximum Gasteiger partial charge on any atom is 0.288 e. The molecular formula is C19H17ClN4O5S. The van der Waals surface area contributed by atoms with Gasteiger partial charge in [-0.1, -0.05) is 25.4 Å². The van der Waals surface area contributed by atoms with Crippen molar-refractivity contribution in [3.8, 4) is 11.5 Å². The minimum atomic E-state index is -0.886. The highest BCUT2D eigenvalue weighted by atomic mass is 35.5. The summed E-state index contributed by atoms with van der Waals surface area (Å²) in [6.07, 6.45) is 1.53. The molecule has 30 heavy (non-hydrogen) atoms. The lowest BCUT2D eigenvalue weighted by atomic mass is 10.0. The van der Waals surface area contributed by atoms with E-state index in [9.17, 15) is 19.7 Å². The van der Waals surface area contributed by atoms with Crippen LogP contribution >= 0.6 is 22.9 Å². The van der Waals surface area contributed by atoms with E-state index in [-0.39, 0.29) is 22.2 Å². The second-order valence-corrected chi connectivity index (χ2v) is 7.89. The summed E-state index contributed by atoms with van der Waals surface area (Å²) < 4.78 is 5.28. The number of benzene rings is 1. The predicted molar refractivity (Wildman–Crippen MR) is 113 cm³/mol. The van der Waals surface area contributed by atoms with E-state index in [2.05, 4.69) is 15.6 Å². The number of nitrogens with zero attached hydrogens (tertiary/aromatic N) is 2. The number of aromatic nitrogens is 1. The summed E-state index contributed by atoms with van der Waals surface area (Å²) in [5.41, 5.74) is 0.223. The molecule has 156 valence electrons. The number of anilines is 1. The third-order valence-corrected chi connectivity index (χ3v) is 5.23. The zero-order valence-corrected chi connectivity index (χ0v) is 17.5. The molecule has 0 aliphatic heterocycles. The molecule has 0 radical (unpaired) electrons. The number of nitro groups is 1. The molecule has 0 aliphatic carbocycles. The molecule has 0 aliphatic rings. The van der Waals surface area contributed by atoms with Gasteiger partial charge in [0.1, 0.15) is 16.8 Å². The number of hydrogen-bond acceptors (Lipinski definition) is 7. The highest BCUT2D eigenvalue weighted by molar-refractivity contribution is 7.14. The topological polar surface area (TPSA) is 127 Å². The van der Waals surface area contributed by atoms with Crippen LogP contribution in [-0.2, 0) is 4.79 Å². The van der Waals surface area contributed by atoms with E-state index in [1.165, 1.54) is 29.7 Å². The number of thiazole rings is 1. The Kier molecular flexibility index (Phi) is 6.48. The Bertz CT molecular complexity index is 1080. The van der Waals surface area contributed by atoms with Gasteiger partial charge in [0.25, 0.3) is 11.6 Å². The van der Waals surface area contributed by atoms with Gasteiger partial charge in [-0.05, 0) is 30.2 Å². The smallest absolute Gasteiger partial charge is 0.288 e. The van der Waals surface area contributed by atoms with Crippen molar-refractivity contribution in [1.29, 1.82) is 0 Å². The van der Waals surface area contributed by atoms with Crippen molar-refractivity contribution in [1.82, 2.24) is 10.3 Å². The SMILES string of the molecule is CC(C)C(NC(=O)c1ccc(Cl)c([N+](=O)[O-])c1)C(=O)Nc1nc(-c2ccco2)cs1. The zero-order chi connectivity index (χ0) is 21.8. The van der Waals surface area contributed by atoms with Crippen molar-refractivity contribution in [3.63, 3.8) is 0 Å². The van der Waals surface area contributed by atoms with Crippen LogP contribution in [0.3, 0.4) is 0 Å². The van der Waals surface area contributed by atoms with Crippen LogP contribution in [0.25, 0.3) is 11.5 Å². The lowest BCUT2D eigenvalue weighted by Gasteiger charge is -2.21. The van der Waals surface area contributed by atoms with E-state index in [1.807, 2.05) is 0 Å². The number of amides is 2. The minimum Gasteiger partial charge on any atom is -0.463 e. The van der Waals surface area contributed by atoms with Gasteiger partial charge in [-0.3, -0.25) is 19.7 Å². The number of carbonyl (C=O) groups is 2. The lowest BCUT2D eigenvalue weighted by Crippen LogP contribution is -2.47. The van der Waals surface area contributed by atoms with Crippen LogP contribution < -0.4 is 10.6 Å². The van der Waals surface area contributed by atoms with Crippen LogP contribution in [0, 0.1) is 16.0 Å². The molecule has 0 saturated heterocycles. The van der Waals surface area contributed by atoms with Crippen LogP contribution in [-0.4, -0.2) is 27.8 Å². The fourth-order valence-corrected chi connectivity index (χ4v) is 3.49. The van der Waals surface area contributed by atoms with E-state index >= 15 is 0 Å². The molecule has 1 unspecified atom stereocenters. The molecule has 0 bridgehead atoms. The molecule has 2 amide bonds. The first-order valence-corrected chi connectivity index (χ1v) is 10.1. The Labute approximate surface area is 180 Å². The van der Waals surface area contributed by atoms with Gasteiger partial charge >= 0.3 is 0 Å². The fraction of sp³-hybridized carbons (Fsp3) is 0.211. The molecule has 3 aromatic rings. The van der Waals surface area contributed by atoms with E-state index in [4.69, 9.17) is 16.0 Å². The molecule has 0 saturated carbocycles. The number of nitrogens with one attached hydrogen (secondary N) is 2. The van der Waals surface area contributed by atoms with E-state index in [1.54, 1.807) is 31.4 Å². The summed E-state index contributed by atoms with van der Waals surface area (Å²) >= 11 is 7.00. The molecule has 2 heterocycles. The van der Waals surface area contributed by atoms with Crippen molar-refractivity contribution in [2.45, 2.75) is 19.9 Å². The average Bonchev–Trinajstić information content (AvgIpc) is 3.37. The first-order valence-electron chi connectivity index (χ1n) is 8.81. The quantitative estimate of drug-likeness (QED) is 0.408. The average molecular weight is 449 g/mol. The first-order chi connectivity index (χ1) is 14.3. The van der Waals surface area contributed by atoms with Gasteiger partial charge in [0.05, 0.1) is 11.2 Å². The second kappa shape index (κ2) is 9.06. The summed E-state index contributed by atoms with van der Waals surface area (Å²) in [5.74, 6) is -0.758. The van der Waals surface area contributed by atoms with Gasteiger partial charge in [0, 0.05) is 17.0 Å². The van der Waals surface area contributed by atoms with Crippen molar-refractivity contribution in [2.75, 3.05) is 5.32 Å². The van der Waals surface area contributed by atoms with Gasteiger partial charge in [-0.2, -0.15) is 0 Å². The second-order valence-electron chi connectivity index (χ2n) is 6.62. The third kappa shape index (κ3) is 4.84. The van der Waals surface area contributed by atoms with Crippen LogP contribution in [0.4, 0.5) is 10.8 Å². The zero-order valence-electron chi connectivity index (χ0n) is 15.9. The van der Waals surface area contributed by atoms with Crippen LogP contribution in [0.15, 0.2) is 46.4 Å². The van der Waals surface area contributed by atoms with E-state index in [0.29, 0.717) is 16.6 Å². The molecule has 9 nitrogen and oxygen atoms in total. The van der Waals surface area contributed by atoms with Gasteiger partial charge in [-0.25, -0.2) is 4.98 Å². The molecular weight excluding hydrogens is 432 g/mol. The maximum absolute atomic E-state index is 12.7. The molecule has 2 N–H and O–H groups in total. The molecule has 2 aromatic heterocycles. The monoisotopic (exact) mass is 448 g/mol. The molecule has 1 atom stereocenters. The molecule has 1 aromatic carbocycles. The molecule has 0 fully saturated rings. The molecule has 3 rings (SSSR count). The summed E-state index contributed by atoms with van der Waals surface area (Å²) in [6.45, 7) is 3.54. The lowest BCUT2D eigenvalue weighted by molar-refractivity contribution is -0.384. The predicted octanol–water partition coefficient (Wildman–Crippen LogP) is 4.36. The Balaban J connectivity index is 1.72. The first kappa shape index (κ1) is 21.5. The number of nitro benzene ring substituents is 1. The molecule has 0 spiro atoms.